The summed E-state index contributed by atoms with van der Waals surface area (Å²) in [5.41, 5.74) is 4.53. The first-order valence-electron chi connectivity index (χ1n) is 13.0. The fourth-order valence-electron chi connectivity index (χ4n) is 5.04. The summed E-state index contributed by atoms with van der Waals surface area (Å²) in [6.07, 6.45) is 14.2. The van der Waals surface area contributed by atoms with Crippen LogP contribution >= 0.6 is 11.6 Å². The quantitative estimate of drug-likeness (QED) is 0.322. The Labute approximate surface area is 231 Å². The predicted molar refractivity (Wildman–Crippen MR) is 152 cm³/mol. The zero-order valence-electron chi connectivity index (χ0n) is 21.3. The molecule has 10 nitrogen and oxygen atoms in total. The van der Waals surface area contributed by atoms with Crippen molar-refractivity contribution >= 4 is 52.2 Å². The predicted octanol–water partition coefficient (Wildman–Crippen LogP) is 5.15. The Hall–Kier alpha value is -4.31. The van der Waals surface area contributed by atoms with Crippen LogP contribution in [0.25, 0.3) is 0 Å². The van der Waals surface area contributed by atoms with Gasteiger partial charge in [-0.3, -0.25) is 14.8 Å². The summed E-state index contributed by atoms with van der Waals surface area (Å²) in [5, 5.41) is 10.1. The molecule has 198 valence electrons. The minimum atomic E-state index is 0.0316. The molecular formula is C28H28ClN9O. The van der Waals surface area contributed by atoms with Gasteiger partial charge in [0.15, 0.2) is 5.82 Å². The number of aromatic nitrogens is 5. The van der Waals surface area contributed by atoms with E-state index in [2.05, 4.69) is 45.8 Å². The molecular weight excluding hydrogens is 514 g/mol. The van der Waals surface area contributed by atoms with Crippen LogP contribution in [-0.4, -0.2) is 43.9 Å². The van der Waals surface area contributed by atoms with E-state index in [1.807, 2.05) is 30.5 Å². The van der Waals surface area contributed by atoms with Crippen LogP contribution in [0.2, 0.25) is 5.02 Å². The van der Waals surface area contributed by atoms with E-state index in [1.54, 1.807) is 31.0 Å². The molecule has 1 amide bonds. The molecule has 0 spiro atoms. The smallest absolute Gasteiger partial charge is 0.229 e. The average Bonchev–Trinajstić information content (AvgIpc) is 2.96. The summed E-state index contributed by atoms with van der Waals surface area (Å²) >= 11 is 6.38. The van der Waals surface area contributed by atoms with E-state index < -0.39 is 0 Å². The molecule has 0 unspecified atom stereocenters. The molecule has 2 aliphatic rings. The first-order valence-corrected chi connectivity index (χ1v) is 13.4. The topological polar surface area (TPSA) is 121 Å². The second-order valence-corrected chi connectivity index (χ2v) is 10.2. The monoisotopic (exact) mass is 541 g/mol. The van der Waals surface area contributed by atoms with Crippen molar-refractivity contribution in [3.05, 3.63) is 77.6 Å². The number of pyridine rings is 1. The zero-order chi connectivity index (χ0) is 26.6. The van der Waals surface area contributed by atoms with Crippen molar-refractivity contribution in [1.82, 2.24) is 24.9 Å². The fraction of sp³-hybridized carbons (Fsp3) is 0.286. The van der Waals surface area contributed by atoms with Gasteiger partial charge >= 0.3 is 0 Å². The normalized spacial score (nSPS) is 15.2. The van der Waals surface area contributed by atoms with Crippen molar-refractivity contribution in [3.8, 4) is 0 Å². The first kappa shape index (κ1) is 25.0. The molecule has 5 heterocycles. The molecule has 0 atom stereocenters. The number of carbonyl (C=O) groups excluding carboxylic acids is 1. The molecule has 6 rings (SSSR count). The summed E-state index contributed by atoms with van der Waals surface area (Å²) in [6, 6.07) is 7.93. The molecule has 3 aromatic heterocycles. The van der Waals surface area contributed by atoms with Gasteiger partial charge in [0.05, 0.1) is 24.3 Å². The maximum Gasteiger partial charge on any atom is 0.229 e. The largest absolute Gasteiger partial charge is 0.355 e. The molecule has 0 saturated carbocycles. The van der Waals surface area contributed by atoms with E-state index in [1.165, 1.54) is 0 Å². The average molecular weight is 542 g/mol. The number of halogens is 1. The molecule has 2 aliphatic heterocycles. The first-order chi connectivity index (χ1) is 19.1. The maximum absolute atomic E-state index is 13.1. The van der Waals surface area contributed by atoms with E-state index in [-0.39, 0.29) is 5.91 Å². The Kier molecular flexibility index (Phi) is 7.18. The van der Waals surface area contributed by atoms with Gasteiger partial charge in [0.2, 0.25) is 11.9 Å². The summed E-state index contributed by atoms with van der Waals surface area (Å²) in [6.45, 7) is 1.75. The number of hydrogen-bond acceptors (Lipinski definition) is 9. The van der Waals surface area contributed by atoms with Crippen LogP contribution in [0.4, 0.5) is 34.6 Å². The standard InChI is InChI=1S/C28H28ClN9O/c29-23-16-33-28-35-22-11-19(14-31-15-22)1-2-20-13-21(34-27(23)37-28)3-4-24(20)36-26(39)12-18-5-9-38(10-6-18)25-17-30-7-8-32-25/h3-4,7-8,11,13-18H,1-2,5-6,9-10,12H2,(H,36,39)(H2,33,34,35,37). The third-order valence-electron chi connectivity index (χ3n) is 7.08. The van der Waals surface area contributed by atoms with Crippen LogP contribution in [0.15, 0.2) is 61.4 Å². The molecule has 0 aliphatic carbocycles. The van der Waals surface area contributed by atoms with Gasteiger partial charge in [-0.05, 0) is 67.0 Å². The number of nitrogens with one attached hydrogen (secondary N) is 3. The van der Waals surface area contributed by atoms with Crippen molar-refractivity contribution in [2.75, 3.05) is 33.9 Å². The molecule has 6 bridgehead atoms. The van der Waals surface area contributed by atoms with E-state index in [0.717, 1.165) is 72.8 Å². The number of benzene rings is 1. The Bertz CT molecular complexity index is 1480. The van der Waals surface area contributed by atoms with Crippen molar-refractivity contribution in [1.29, 1.82) is 0 Å². The van der Waals surface area contributed by atoms with Gasteiger partial charge in [0, 0.05) is 49.5 Å². The van der Waals surface area contributed by atoms with Gasteiger partial charge in [0.25, 0.3) is 0 Å². The van der Waals surface area contributed by atoms with Gasteiger partial charge in [-0.15, -0.1) is 0 Å². The summed E-state index contributed by atoms with van der Waals surface area (Å²) in [5.74, 6) is 2.17. The molecule has 3 N–H and O–H groups in total. The highest BCUT2D eigenvalue weighted by Gasteiger charge is 2.23. The SMILES string of the molecule is O=C(CC1CCN(c2cnccn2)CC1)Nc1ccc2cc1CCc1cncc(c1)Nc1ncc(Cl)c(n1)N2. The second-order valence-electron chi connectivity index (χ2n) is 9.84. The molecule has 1 fully saturated rings. The van der Waals surface area contributed by atoms with Crippen LogP contribution < -0.4 is 20.9 Å². The summed E-state index contributed by atoms with van der Waals surface area (Å²) < 4.78 is 0. The van der Waals surface area contributed by atoms with Crippen molar-refractivity contribution in [3.63, 3.8) is 0 Å². The molecule has 0 radical (unpaired) electrons. The Morgan fingerprint density at radius 2 is 1.87 bits per heavy atom. The number of nitrogens with zero attached hydrogens (tertiary/aromatic N) is 6. The van der Waals surface area contributed by atoms with Crippen LogP contribution in [0.1, 0.15) is 30.4 Å². The lowest BCUT2D eigenvalue weighted by Crippen LogP contribution is -2.35. The van der Waals surface area contributed by atoms with Gasteiger partial charge in [0.1, 0.15) is 10.8 Å². The van der Waals surface area contributed by atoms with Crippen LogP contribution in [0.3, 0.4) is 0 Å². The number of carbonyl (C=O) groups is 1. The molecule has 1 aromatic carbocycles. The van der Waals surface area contributed by atoms with E-state index >= 15 is 0 Å². The van der Waals surface area contributed by atoms with Crippen molar-refractivity contribution < 1.29 is 4.79 Å². The van der Waals surface area contributed by atoms with Gasteiger partial charge in [-0.2, -0.15) is 4.98 Å². The number of anilines is 6. The number of amides is 1. The van der Waals surface area contributed by atoms with E-state index in [0.29, 0.717) is 29.1 Å². The highest BCUT2D eigenvalue weighted by Crippen LogP contribution is 2.30. The maximum atomic E-state index is 13.1. The summed E-state index contributed by atoms with van der Waals surface area (Å²) in [4.78, 5) is 37.1. The number of piperidine rings is 1. The van der Waals surface area contributed by atoms with Gasteiger partial charge < -0.3 is 20.9 Å². The Morgan fingerprint density at radius 1 is 0.974 bits per heavy atom. The minimum absolute atomic E-state index is 0.0316. The highest BCUT2D eigenvalue weighted by atomic mass is 35.5. The number of rotatable bonds is 4. The Morgan fingerprint density at radius 3 is 2.72 bits per heavy atom. The number of fused-ring (bicyclic) bond motifs is 6. The number of hydrogen-bond donors (Lipinski definition) is 3. The van der Waals surface area contributed by atoms with E-state index in [4.69, 9.17) is 11.6 Å². The van der Waals surface area contributed by atoms with Crippen molar-refractivity contribution in [2.45, 2.75) is 32.1 Å². The lowest BCUT2D eigenvalue weighted by molar-refractivity contribution is -0.117. The molecule has 11 heteroatoms. The van der Waals surface area contributed by atoms with Gasteiger partial charge in [-0.1, -0.05) is 11.6 Å². The van der Waals surface area contributed by atoms with Crippen LogP contribution in [0, 0.1) is 5.92 Å². The second kappa shape index (κ2) is 11.2. The van der Waals surface area contributed by atoms with Gasteiger partial charge in [-0.25, -0.2) is 9.97 Å². The molecule has 1 saturated heterocycles. The van der Waals surface area contributed by atoms with Crippen molar-refractivity contribution in [2.24, 2.45) is 5.92 Å². The lowest BCUT2D eigenvalue weighted by Gasteiger charge is -2.32. The lowest BCUT2D eigenvalue weighted by atomic mass is 9.93. The highest BCUT2D eigenvalue weighted by molar-refractivity contribution is 6.32. The van der Waals surface area contributed by atoms with Crippen LogP contribution in [-0.2, 0) is 17.6 Å². The third-order valence-corrected chi connectivity index (χ3v) is 7.36. The Balaban J connectivity index is 1.17. The van der Waals surface area contributed by atoms with E-state index in [9.17, 15) is 4.79 Å². The minimum Gasteiger partial charge on any atom is -0.355 e. The zero-order valence-corrected chi connectivity index (χ0v) is 22.0. The third kappa shape index (κ3) is 6.06. The van der Waals surface area contributed by atoms with Crippen LogP contribution in [0.5, 0.6) is 0 Å². The fourth-order valence-corrected chi connectivity index (χ4v) is 5.18. The summed E-state index contributed by atoms with van der Waals surface area (Å²) in [7, 11) is 0. The number of aryl methyl sites for hydroxylation is 2. The molecule has 39 heavy (non-hydrogen) atoms. The molecule has 4 aromatic rings.